The van der Waals surface area contributed by atoms with Gasteiger partial charge in [0.2, 0.25) is 5.91 Å². The van der Waals surface area contributed by atoms with Gasteiger partial charge in [0.1, 0.15) is 13.2 Å². The van der Waals surface area contributed by atoms with Crippen LogP contribution in [-0.2, 0) is 18.4 Å². The summed E-state index contributed by atoms with van der Waals surface area (Å²) in [5.41, 5.74) is 0. The molecular weight excluding hydrogens is 900 g/mol. The summed E-state index contributed by atoms with van der Waals surface area (Å²) >= 11 is 0. The summed E-state index contributed by atoms with van der Waals surface area (Å²) in [6.07, 6.45) is 70.2. The molecule has 3 unspecified atom stereocenters. The van der Waals surface area contributed by atoms with Gasteiger partial charge >= 0.3 is 0 Å². The second-order valence-corrected chi connectivity index (χ2v) is 23.8. The lowest BCUT2D eigenvalue weighted by Crippen LogP contribution is -2.45. The summed E-state index contributed by atoms with van der Waals surface area (Å²) in [6, 6.07) is -0.906. The molecule has 0 aromatic rings. The molecule has 0 saturated carbocycles. The highest BCUT2D eigenvalue weighted by molar-refractivity contribution is 7.45. The average Bonchev–Trinajstić information content (AvgIpc) is 3.33. The highest BCUT2D eigenvalue weighted by Gasteiger charge is 2.23. The van der Waals surface area contributed by atoms with E-state index >= 15 is 0 Å². The molecule has 0 aliphatic rings. The molecule has 0 aliphatic heterocycles. The van der Waals surface area contributed by atoms with E-state index in [1.54, 1.807) is 6.08 Å². The number of phosphoric acid groups is 1. The van der Waals surface area contributed by atoms with Crippen LogP contribution < -0.4 is 10.2 Å². The number of rotatable bonds is 57. The van der Waals surface area contributed by atoms with Crippen molar-refractivity contribution in [1.29, 1.82) is 0 Å². The highest BCUT2D eigenvalue weighted by Crippen LogP contribution is 2.38. The van der Waals surface area contributed by atoms with E-state index in [2.05, 4.69) is 43.5 Å². The van der Waals surface area contributed by atoms with E-state index in [-0.39, 0.29) is 12.5 Å². The van der Waals surface area contributed by atoms with Gasteiger partial charge in [0.05, 0.1) is 39.9 Å². The van der Waals surface area contributed by atoms with Crippen LogP contribution in [-0.4, -0.2) is 68.5 Å². The lowest BCUT2D eigenvalue weighted by molar-refractivity contribution is -0.870. The zero-order valence-corrected chi connectivity index (χ0v) is 48.8. The fourth-order valence-corrected chi connectivity index (χ4v) is 10.0. The number of unbranched alkanes of at least 4 members (excludes halogenated alkanes) is 40. The minimum atomic E-state index is -4.60. The molecule has 0 aliphatic carbocycles. The van der Waals surface area contributed by atoms with Crippen molar-refractivity contribution in [2.45, 2.75) is 315 Å². The quantitative estimate of drug-likeness (QED) is 0.0272. The topological polar surface area (TPSA) is 108 Å². The Morgan fingerprint density at radius 2 is 0.803 bits per heavy atom. The Morgan fingerprint density at radius 1 is 0.493 bits per heavy atom. The molecule has 0 radical (unpaired) electrons. The molecule has 0 spiro atoms. The Morgan fingerprint density at radius 3 is 1.13 bits per heavy atom. The van der Waals surface area contributed by atoms with Gasteiger partial charge in [-0.25, -0.2) is 0 Å². The van der Waals surface area contributed by atoms with E-state index < -0.39 is 26.6 Å². The van der Waals surface area contributed by atoms with Crippen molar-refractivity contribution < 1.29 is 32.9 Å². The van der Waals surface area contributed by atoms with Crippen molar-refractivity contribution in [3.05, 3.63) is 36.5 Å². The number of hydrogen-bond acceptors (Lipinski definition) is 6. The molecule has 0 rings (SSSR count). The van der Waals surface area contributed by atoms with Crippen molar-refractivity contribution in [3.63, 3.8) is 0 Å². The third-order valence-corrected chi connectivity index (χ3v) is 15.1. The Labute approximate surface area is 442 Å². The molecule has 0 bridgehead atoms. The summed E-state index contributed by atoms with van der Waals surface area (Å²) in [7, 11) is 1.24. The first-order chi connectivity index (χ1) is 34.5. The number of quaternary nitrogens is 1. The maximum atomic E-state index is 12.9. The van der Waals surface area contributed by atoms with Crippen molar-refractivity contribution >= 4 is 13.7 Å². The number of aliphatic hydroxyl groups excluding tert-OH is 1. The van der Waals surface area contributed by atoms with Crippen LogP contribution in [0.1, 0.15) is 303 Å². The molecule has 9 heteroatoms. The van der Waals surface area contributed by atoms with Gasteiger partial charge in [-0.1, -0.05) is 294 Å². The van der Waals surface area contributed by atoms with Gasteiger partial charge in [-0.3, -0.25) is 9.36 Å². The molecule has 1 amide bonds. The van der Waals surface area contributed by atoms with E-state index in [0.29, 0.717) is 17.4 Å². The first kappa shape index (κ1) is 69.7. The second-order valence-electron chi connectivity index (χ2n) is 22.4. The number of carbonyl (C=O) groups excluding carboxylic acids is 1. The van der Waals surface area contributed by atoms with Crippen LogP contribution in [0.25, 0.3) is 0 Å². The second kappa shape index (κ2) is 53.5. The molecule has 0 heterocycles. The van der Waals surface area contributed by atoms with Crippen molar-refractivity contribution in [2.75, 3.05) is 40.9 Å². The Bertz CT molecular complexity index is 1250. The summed E-state index contributed by atoms with van der Waals surface area (Å²) in [5.74, 6) is -0.209. The van der Waals surface area contributed by atoms with E-state index in [9.17, 15) is 19.4 Å². The lowest BCUT2D eigenvalue weighted by Gasteiger charge is -2.29. The number of aliphatic hydroxyl groups is 1. The van der Waals surface area contributed by atoms with Gasteiger partial charge in [-0.15, -0.1) is 0 Å². The smallest absolute Gasteiger partial charge is 0.268 e. The highest BCUT2D eigenvalue weighted by atomic mass is 31.2. The Hall–Kier alpha value is -1.28. The number of carbonyl (C=O) groups is 1. The summed E-state index contributed by atoms with van der Waals surface area (Å²) in [5, 5.41) is 13.8. The van der Waals surface area contributed by atoms with E-state index in [1.165, 1.54) is 231 Å². The van der Waals surface area contributed by atoms with Crippen LogP contribution in [0.3, 0.4) is 0 Å². The van der Waals surface area contributed by atoms with Crippen LogP contribution in [0.2, 0.25) is 0 Å². The minimum Gasteiger partial charge on any atom is -0.756 e. The first-order valence-electron chi connectivity index (χ1n) is 30.9. The molecule has 2 N–H and O–H groups in total. The van der Waals surface area contributed by atoms with E-state index in [1.807, 2.05) is 27.2 Å². The fourth-order valence-electron chi connectivity index (χ4n) is 9.31. The molecule has 0 aromatic carbocycles. The van der Waals surface area contributed by atoms with Gasteiger partial charge in [0.15, 0.2) is 0 Å². The summed E-state index contributed by atoms with van der Waals surface area (Å²) in [6.45, 7) is 4.52. The van der Waals surface area contributed by atoms with Gasteiger partial charge < -0.3 is 28.8 Å². The normalized spacial score (nSPS) is 14.1. The predicted octanol–water partition coefficient (Wildman–Crippen LogP) is 18.3. The summed E-state index contributed by atoms with van der Waals surface area (Å²) < 4.78 is 23.2. The maximum absolute atomic E-state index is 12.9. The third kappa shape index (κ3) is 56.3. The number of nitrogens with zero attached hydrogens (tertiary/aromatic N) is 1. The van der Waals surface area contributed by atoms with Gasteiger partial charge in [0.25, 0.3) is 7.82 Å². The van der Waals surface area contributed by atoms with Crippen LogP contribution in [0, 0.1) is 0 Å². The predicted molar refractivity (Wildman–Crippen MR) is 307 cm³/mol. The molecule has 420 valence electrons. The van der Waals surface area contributed by atoms with Crippen LogP contribution >= 0.6 is 7.82 Å². The maximum Gasteiger partial charge on any atom is 0.268 e. The SMILES string of the molecule is CC/C=C/CC/C=C/CC/C=C/C(O)C(COP(=O)([O-])OCC[N+](C)(C)C)NC(=O)CCCCCCCCCCCCCCCCCCCCCCCCCCCCCCCCCCCCCCCCC. The van der Waals surface area contributed by atoms with E-state index in [4.69, 9.17) is 9.05 Å². The summed E-state index contributed by atoms with van der Waals surface area (Å²) in [4.78, 5) is 25.4. The average molecular weight is 1020 g/mol. The number of likely N-dealkylation sites (N-methyl/N-ethyl adjacent to an activating group) is 1. The molecule has 8 nitrogen and oxygen atoms in total. The molecule has 0 fully saturated rings. The number of phosphoric ester groups is 1. The van der Waals surface area contributed by atoms with Gasteiger partial charge in [-0.05, 0) is 38.5 Å². The molecule has 71 heavy (non-hydrogen) atoms. The molecule has 0 saturated heterocycles. The van der Waals surface area contributed by atoms with Gasteiger partial charge in [0, 0.05) is 6.42 Å². The molecule has 3 atom stereocenters. The third-order valence-electron chi connectivity index (χ3n) is 14.1. The minimum absolute atomic E-state index is 0.00798. The molecular formula is C62H121N2O6P. The zero-order chi connectivity index (χ0) is 52.0. The van der Waals surface area contributed by atoms with Crippen molar-refractivity contribution in [3.8, 4) is 0 Å². The number of allylic oxidation sites excluding steroid dienone is 5. The Kier molecular flexibility index (Phi) is 52.6. The number of hydrogen-bond donors (Lipinski definition) is 2. The van der Waals surface area contributed by atoms with Crippen LogP contribution in [0.4, 0.5) is 0 Å². The molecule has 0 aromatic heterocycles. The van der Waals surface area contributed by atoms with Gasteiger partial charge in [-0.2, -0.15) is 0 Å². The fraction of sp³-hybridized carbons (Fsp3) is 0.887. The lowest BCUT2D eigenvalue weighted by atomic mass is 10.0. The van der Waals surface area contributed by atoms with Crippen LogP contribution in [0.15, 0.2) is 36.5 Å². The zero-order valence-electron chi connectivity index (χ0n) is 47.9. The monoisotopic (exact) mass is 1020 g/mol. The Balaban J connectivity index is 3.78. The number of nitrogens with one attached hydrogen (secondary N) is 1. The van der Waals surface area contributed by atoms with Crippen LogP contribution in [0.5, 0.6) is 0 Å². The number of amides is 1. The largest absolute Gasteiger partial charge is 0.756 e. The first-order valence-corrected chi connectivity index (χ1v) is 32.3. The van der Waals surface area contributed by atoms with Crippen molar-refractivity contribution in [1.82, 2.24) is 5.32 Å². The standard InChI is InChI=1S/C62H121N2O6P/c1-6-8-10-12-14-16-18-19-20-21-22-23-24-25-26-27-28-29-30-31-32-33-34-35-36-37-38-39-40-41-42-43-44-45-46-48-50-52-54-56-62(66)63-60(59-70-71(67,68)69-58-57-64(3,4)5)61(65)55-53-51-49-47-17-15-13-11-9-7-2/h9,11,17,47,53,55,60-61,65H,6-8,10,12-16,18-46,48-52,54,56-59H2,1-5H3,(H-,63,66,67,68)/b11-9+,47-17+,55-53+. The van der Waals surface area contributed by atoms with Crippen molar-refractivity contribution in [2.24, 2.45) is 0 Å². The van der Waals surface area contributed by atoms with E-state index in [0.717, 1.165) is 51.4 Å².